The van der Waals surface area contributed by atoms with Crippen molar-refractivity contribution in [3.8, 4) is 0 Å². The summed E-state index contributed by atoms with van der Waals surface area (Å²) < 4.78 is 0. The first-order valence-electron chi connectivity index (χ1n) is 8.50. The minimum atomic E-state index is 0.287. The van der Waals surface area contributed by atoms with Gasteiger partial charge in [-0.15, -0.1) is 0 Å². The Labute approximate surface area is 135 Å². The van der Waals surface area contributed by atoms with Gasteiger partial charge in [0, 0.05) is 32.1 Å². The fourth-order valence-electron chi connectivity index (χ4n) is 3.35. The molecule has 0 radical (unpaired) electrons. The lowest BCUT2D eigenvalue weighted by atomic mass is 9.93. The van der Waals surface area contributed by atoms with Crippen LogP contribution in [0.15, 0.2) is 12.1 Å². The van der Waals surface area contributed by atoms with Gasteiger partial charge in [0.25, 0.3) is 0 Å². The molecule has 0 aromatic heterocycles. The van der Waals surface area contributed by atoms with E-state index < -0.39 is 0 Å². The van der Waals surface area contributed by atoms with E-state index >= 15 is 0 Å². The van der Waals surface area contributed by atoms with Crippen molar-refractivity contribution < 1.29 is 4.79 Å². The van der Waals surface area contributed by atoms with Gasteiger partial charge >= 0.3 is 0 Å². The highest BCUT2D eigenvalue weighted by Gasteiger charge is 2.27. The van der Waals surface area contributed by atoms with Crippen LogP contribution in [0.4, 0.5) is 0 Å². The van der Waals surface area contributed by atoms with Crippen molar-refractivity contribution in [2.75, 3.05) is 13.1 Å². The Morgan fingerprint density at radius 3 is 2.55 bits per heavy atom. The van der Waals surface area contributed by atoms with Crippen LogP contribution in [0.3, 0.4) is 0 Å². The van der Waals surface area contributed by atoms with E-state index in [1.807, 2.05) is 11.8 Å². The number of nitrogens with zero attached hydrogens (tertiary/aromatic N) is 1. The second-order valence-corrected chi connectivity index (χ2v) is 6.81. The number of nitrogens with one attached hydrogen (secondary N) is 1. The predicted molar refractivity (Wildman–Crippen MR) is 91.9 cm³/mol. The zero-order chi connectivity index (χ0) is 16.3. The Morgan fingerprint density at radius 2 is 1.91 bits per heavy atom. The van der Waals surface area contributed by atoms with Crippen molar-refractivity contribution in [3.63, 3.8) is 0 Å². The van der Waals surface area contributed by atoms with Gasteiger partial charge in [-0.2, -0.15) is 0 Å². The molecular formula is C19H30N2O. The van der Waals surface area contributed by atoms with Crippen molar-refractivity contribution in [2.45, 2.75) is 60.0 Å². The molecule has 22 heavy (non-hydrogen) atoms. The second kappa shape index (κ2) is 7.28. The van der Waals surface area contributed by atoms with E-state index in [0.717, 1.165) is 26.1 Å². The van der Waals surface area contributed by atoms with Crippen LogP contribution in [0.5, 0.6) is 0 Å². The maximum atomic E-state index is 11.8. The maximum Gasteiger partial charge on any atom is 0.222 e. The quantitative estimate of drug-likeness (QED) is 0.925. The third-order valence-corrected chi connectivity index (χ3v) is 5.07. The van der Waals surface area contributed by atoms with E-state index in [1.165, 1.54) is 22.3 Å². The molecule has 1 saturated heterocycles. The summed E-state index contributed by atoms with van der Waals surface area (Å²) in [5.41, 5.74) is 5.48. The van der Waals surface area contributed by atoms with E-state index in [4.69, 9.17) is 0 Å². The number of carbonyl (C=O) groups is 1. The number of hydrogen-bond donors (Lipinski definition) is 1. The average Bonchev–Trinajstić information content (AvgIpc) is 2.49. The van der Waals surface area contributed by atoms with Gasteiger partial charge < -0.3 is 10.2 Å². The SMILES string of the molecule is CCC(=O)N1CCC(NCc2cc(C)c(C)cc2C)C(C)C1. The summed E-state index contributed by atoms with van der Waals surface area (Å²) >= 11 is 0. The van der Waals surface area contributed by atoms with E-state index in [9.17, 15) is 4.79 Å². The summed E-state index contributed by atoms with van der Waals surface area (Å²) in [6, 6.07) is 5.08. The van der Waals surface area contributed by atoms with Gasteiger partial charge in [0.1, 0.15) is 0 Å². The Morgan fingerprint density at radius 1 is 1.23 bits per heavy atom. The van der Waals surface area contributed by atoms with Crippen LogP contribution in [0.1, 0.15) is 48.9 Å². The van der Waals surface area contributed by atoms with Crippen molar-refractivity contribution in [2.24, 2.45) is 5.92 Å². The molecule has 122 valence electrons. The summed E-state index contributed by atoms with van der Waals surface area (Å²) in [6.07, 6.45) is 1.67. The molecule has 0 bridgehead atoms. The van der Waals surface area contributed by atoms with Gasteiger partial charge in [-0.05, 0) is 55.4 Å². The first-order valence-corrected chi connectivity index (χ1v) is 8.50. The molecular weight excluding hydrogens is 272 g/mol. The maximum absolute atomic E-state index is 11.8. The van der Waals surface area contributed by atoms with Gasteiger partial charge in [0.05, 0.1) is 0 Å². The fraction of sp³-hybridized carbons (Fsp3) is 0.632. The number of hydrogen-bond acceptors (Lipinski definition) is 2. The number of likely N-dealkylation sites (tertiary alicyclic amines) is 1. The van der Waals surface area contributed by atoms with Crippen LogP contribution < -0.4 is 5.32 Å². The smallest absolute Gasteiger partial charge is 0.222 e. The van der Waals surface area contributed by atoms with Crippen LogP contribution in [-0.4, -0.2) is 29.9 Å². The Bertz CT molecular complexity index is 538. The van der Waals surface area contributed by atoms with Gasteiger partial charge in [-0.3, -0.25) is 4.79 Å². The highest BCUT2D eigenvalue weighted by molar-refractivity contribution is 5.75. The number of benzene rings is 1. The fourth-order valence-corrected chi connectivity index (χ4v) is 3.35. The predicted octanol–water partition coefficient (Wildman–Crippen LogP) is 3.35. The highest BCUT2D eigenvalue weighted by Crippen LogP contribution is 2.20. The molecule has 1 aliphatic heterocycles. The third-order valence-electron chi connectivity index (χ3n) is 5.07. The molecule has 1 aromatic rings. The minimum Gasteiger partial charge on any atom is -0.342 e. The molecule has 2 unspecified atom stereocenters. The molecule has 2 atom stereocenters. The molecule has 0 spiro atoms. The number of amides is 1. The molecule has 3 nitrogen and oxygen atoms in total. The van der Waals surface area contributed by atoms with Crippen molar-refractivity contribution in [1.29, 1.82) is 0 Å². The molecule has 1 heterocycles. The number of aryl methyl sites for hydroxylation is 3. The lowest BCUT2D eigenvalue weighted by Gasteiger charge is -2.37. The van der Waals surface area contributed by atoms with Crippen molar-refractivity contribution in [3.05, 3.63) is 34.4 Å². The topological polar surface area (TPSA) is 32.3 Å². The largest absolute Gasteiger partial charge is 0.342 e. The molecule has 2 rings (SSSR count). The van der Waals surface area contributed by atoms with E-state index in [2.05, 4.69) is 45.1 Å². The Balaban J connectivity index is 1.93. The van der Waals surface area contributed by atoms with Crippen LogP contribution in [-0.2, 0) is 11.3 Å². The average molecular weight is 302 g/mol. The van der Waals surface area contributed by atoms with Crippen LogP contribution in [0.25, 0.3) is 0 Å². The standard InChI is InChI=1S/C19H30N2O/c1-6-19(22)21-8-7-18(16(5)12-21)20-11-17-10-14(3)13(2)9-15(17)4/h9-10,16,18,20H,6-8,11-12H2,1-5H3. The zero-order valence-electron chi connectivity index (χ0n) is 14.7. The molecule has 1 aliphatic rings. The molecule has 1 aromatic carbocycles. The summed E-state index contributed by atoms with van der Waals surface area (Å²) in [7, 11) is 0. The second-order valence-electron chi connectivity index (χ2n) is 6.81. The van der Waals surface area contributed by atoms with Gasteiger partial charge in [0.15, 0.2) is 0 Å². The van der Waals surface area contributed by atoms with Crippen LogP contribution >= 0.6 is 0 Å². The third kappa shape index (κ3) is 3.89. The summed E-state index contributed by atoms with van der Waals surface area (Å²) in [5, 5.41) is 3.71. The molecule has 0 saturated carbocycles. The van der Waals surface area contributed by atoms with E-state index in [0.29, 0.717) is 18.4 Å². The summed E-state index contributed by atoms with van der Waals surface area (Å²) in [6.45, 7) is 13.4. The monoisotopic (exact) mass is 302 g/mol. The van der Waals surface area contributed by atoms with Crippen molar-refractivity contribution >= 4 is 5.91 Å². The normalized spacial score (nSPS) is 22.0. The molecule has 1 N–H and O–H groups in total. The number of rotatable bonds is 4. The highest BCUT2D eigenvalue weighted by atomic mass is 16.2. The lowest BCUT2D eigenvalue weighted by molar-refractivity contribution is -0.132. The molecule has 1 fully saturated rings. The van der Waals surface area contributed by atoms with Crippen LogP contribution in [0.2, 0.25) is 0 Å². The van der Waals surface area contributed by atoms with E-state index in [-0.39, 0.29) is 5.91 Å². The van der Waals surface area contributed by atoms with Gasteiger partial charge in [0.2, 0.25) is 5.91 Å². The minimum absolute atomic E-state index is 0.287. The van der Waals surface area contributed by atoms with Gasteiger partial charge in [-0.25, -0.2) is 0 Å². The Hall–Kier alpha value is -1.35. The van der Waals surface area contributed by atoms with Gasteiger partial charge in [-0.1, -0.05) is 26.0 Å². The summed E-state index contributed by atoms with van der Waals surface area (Å²) in [5.74, 6) is 0.798. The molecule has 0 aliphatic carbocycles. The zero-order valence-corrected chi connectivity index (χ0v) is 14.7. The first-order chi connectivity index (χ1) is 10.4. The summed E-state index contributed by atoms with van der Waals surface area (Å²) in [4.78, 5) is 13.8. The first kappa shape index (κ1) is 17.0. The Kier molecular flexibility index (Phi) is 5.63. The molecule has 3 heteroatoms. The van der Waals surface area contributed by atoms with Crippen LogP contribution in [0, 0.1) is 26.7 Å². The number of piperidine rings is 1. The molecule has 1 amide bonds. The number of carbonyl (C=O) groups excluding carboxylic acids is 1. The van der Waals surface area contributed by atoms with E-state index in [1.54, 1.807) is 0 Å². The lowest BCUT2D eigenvalue weighted by Crippen LogP contribution is -2.49. The van der Waals surface area contributed by atoms with Crippen molar-refractivity contribution in [1.82, 2.24) is 10.2 Å².